The molecule has 122 valence electrons. The third-order valence-corrected chi connectivity index (χ3v) is 3.33. The number of nitrogens with zero attached hydrogens (tertiary/aromatic N) is 2. The quantitative estimate of drug-likeness (QED) is 0.747. The molecule has 0 aromatic carbocycles. The van der Waals surface area contributed by atoms with Crippen LogP contribution in [0, 0.1) is 6.92 Å². The van der Waals surface area contributed by atoms with Gasteiger partial charge in [-0.05, 0) is 31.2 Å². The summed E-state index contributed by atoms with van der Waals surface area (Å²) in [5, 5.41) is 2.54. The molecule has 3 rings (SSSR count). The number of amides is 1. The van der Waals surface area contributed by atoms with Gasteiger partial charge < -0.3 is 14.7 Å². The molecule has 8 nitrogen and oxygen atoms in total. The lowest BCUT2D eigenvalue weighted by Crippen LogP contribution is -2.39. The van der Waals surface area contributed by atoms with Crippen LogP contribution in [0.1, 0.15) is 21.8 Å². The minimum absolute atomic E-state index is 0.0645. The highest BCUT2D eigenvalue weighted by atomic mass is 16.3. The Morgan fingerprint density at radius 2 is 2.12 bits per heavy atom. The van der Waals surface area contributed by atoms with Gasteiger partial charge >= 0.3 is 5.69 Å². The number of nitrogens with one attached hydrogen (secondary N) is 2. The molecule has 0 aliphatic heterocycles. The average molecular weight is 326 g/mol. The first-order valence-corrected chi connectivity index (χ1v) is 7.14. The summed E-state index contributed by atoms with van der Waals surface area (Å²) >= 11 is 0. The molecule has 24 heavy (non-hydrogen) atoms. The number of H-pyrrole nitrogens is 1. The van der Waals surface area contributed by atoms with Gasteiger partial charge in [-0.3, -0.25) is 14.2 Å². The summed E-state index contributed by atoms with van der Waals surface area (Å²) in [5.41, 5.74) is -0.795. The monoisotopic (exact) mass is 326 g/mol. The predicted molar refractivity (Wildman–Crippen MR) is 86.1 cm³/mol. The molecular weight excluding hydrogens is 312 g/mol. The fraction of sp³-hybridized carbons (Fsp3) is 0.125. The van der Waals surface area contributed by atoms with Gasteiger partial charge in [-0.1, -0.05) is 6.07 Å². The van der Waals surface area contributed by atoms with E-state index in [-0.39, 0.29) is 12.1 Å². The van der Waals surface area contributed by atoms with E-state index in [1.165, 1.54) is 6.26 Å². The van der Waals surface area contributed by atoms with Gasteiger partial charge in [0, 0.05) is 11.9 Å². The maximum atomic E-state index is 12.4. The molecule has 2 N–H and O–H groups in total. The van der Waals surface area contributed by atoms with Crippen molar-refractivity contribution in [2.75, 3.05) is 5.32 Å². The Balaban J connectivity index is 1.92. The van der Waals surface area contributed by atoms with Gasteiger partial charge in [0.05, 0.1) is 12.8 Å². The lowest BCUT2D eigenvalue weighted by molar-refractivity contribution is 0.102. The first-order valence-electron chi connectivity index (χ1n) is 7.14. The standard InChI is InChI=1S/C16H14N4O4/c1-10-4-2-6-13(18-10)19-14(21)12-8-17-16(23)20(15(12)22)9-11-5-3-7-24-11/h2-8H,9H2,1H3,(H,17,23)(H,18,19,21). The number of hydrogen-bond donors (Lipinski definition) is 2. The van der Waals surface area contributed by atoms with E-state index < -0.39 is 17.2 Å². The Hall–Kier alpha value is -3.42. The van der Waals surface area contributed by atoms with E-state index in [9.17, 15) is 14.4 Å². The first-order chi connectivity index (χ1) is 11.5. The summed E-state index contributed by atoms with van der Waals surface area (Å²) in [6.45, 7) is 1.72. The van der Waals surface area contributed by atoms with E-state index in [2.05, 4.69) is 15.3 Å². The summed E-state index contributed by atoms with van der Waals surface area (Å²) in [5.74, 6) is 0.103. The van der Waals surface area contributed by atoms with Gasteiger partial charge in [-0.15, -0.1) is 0 Å². The Bertz CT molecular complexity index is 986. The molecule has 8 heteroatoms. The highest BCUT2D eigenvalue weighted by Crippen LogP contribution is 2.05. The van der Waals surface area contributed by atoms with E-state index in [0.717, 1.165) is 16.5 Å². The van der Waals surface area contributed by atoms with Gasteiger partial charge in [-0.25, -0.2) is 9.78 Å². The SMILES string of the molecule is Cc1cccc(NC(=O)c2c[nH]c(=O)n(Cc3ccco3)c2=O)n1. The van der Waals surface area contributed by atoms with Crippen molar-refractivity contribution in [3.05, 3.63) is 80.6 Å². The minimum Gasteiger partial charge on any atom is -0.467 e. The molecule has 0 aliphatic carbocycles. The summed E-state index contributed by atoms with van der Waals surface area (Å²) in [7, 11) is 0. The summed E-state index contributed by atoms with van der Waals surface area (Å²) in [6.07, 6.45) is 2.53. The third kappa shape index (κ3) is 3.17. The molecule has 0 atom stereocenters. The Morgan fingerprint density at radius 3 is 2.83 bits per heavy atom. The molecule has 0 unspecified atom stereocenters. The first kappa shape index (κ1) is 15.5. The molecule has 3 aromatic heterocycles. The van der Waals surface area contributed by atoms with Crippen LogP contribution in [-0.2, 0) is 6.54 Å². The molecule has 0 saturated carbocycles. The third-order valence-electron chi connectivity index (χ3n) is 3.33. The fourth-order valence-electron chi connectivity index (χ4n) is 2.17. The molecule has 3 heterocycles. The molecule has 1 amide bonds. The number of rotatable bonds is 4. The topological polar surface area (TPSA) is 110 Å². The van der Waals surface area contributed by atoms with E-state index >= 15 is 0 Å². The van der Waals surface area contributed by atoms with Crippen molar-refractivity contribution in [2.24, 2.45) is 0 Å². The number of pyridine rings is 1. The van der Waals surface area contributed by atoms with Crippen LogP contribution in [-0.4, -0.2) is 20.4 Å². The smallest absolute Gasteiger partial charge is 0.328 e. The van der Waals surface area contributed by atoms with Crippen molar-refractivity contribution in [3.63, 3.8) is 0 Å². The number of aromatic amines is 1. The van der Waals surface area contributed by atoms with Crippen LogP contribution in [0.25, 0.3) is 0 Å². The Kier molecular flexibility index (Phi) is 4.11. The molecule has 0 saturated heterocycles. The van der Waals surface area contributed by atoms with Gasteiger partial charge in [0.15, 0.2) is 0 Å². The number of hydrogen-bond acceptors (Lipinski definition) is 5. The normalized spacial score (nSPS) is 10.5. The zero-order valence-corrected chi connectivity index (χ0v) is 12.8. The van der Waals surface area contributed by atoms with Crippen LogP contribution in [0.3, 0.4) is 0 Å². The maximum Gasteiger partial charge on any atom is 0.328 e. The summed E-state index contributed by atoms with van der Waals surface area (Å²) in [6, 6.07) is 8.41. The van der Waals surface area contributed by atoms with Crippen molar-refractivity contribution >= 4 is 11.7 Å². The molecule has 0 aliphatic rings. The highest BCUT2D eigenvalue weighted by Gasteiger charge is 2.16. The van der Waals surface area contributed by atoms with Crippen molar-refractivity contribution in [2.45, 2.75) is 13.5 Å². The van der Waals surface area contributed by atoms with Gasteiger partial charge in [0.25, 0.3) is 11.5 Å². The van der Waals surface area contributed by atoms with E-state index in [1.807, 2.05) is 0 Å². The molecule has 0 fully saturated rings. The second kappa shape index (κ2) is 6.37. The second-order valence-corrected chi connectivity index (χ2v) is 5.10. The van der Waals surface area contributed by atoms with E-state index in [1.54, 1.807) is 37.3 Å². The Morgan fingerprint density at radius 1 is 1.29 bits per heavy atom. The van der Waals surface area contributed by atoms with Crippen LogP contribution in [0.2, 0.25) is 0 Å². The van der Waals surface area contributed by atoms with E-state index in [0.29, 0.717) is 11.6 Å². The van der Waals surface area contributed by atoms with Gasteiger partial charge in [0.1, 0.15) is 17.1 Å². The predicted octanol–water partition coefficient (Wildman–Crippen LogP) is 1.13. The van der Waals surface area contributed by atoms with Crippen LogP contribution in [0.4, 0.5) is 5.82 Å². The van der Waals surface area contributed by atoms with Crippen molar-refractivity contribution in [1.82, 2.24) is 14.5 Å². The summed E-state index contributed by atoms with van der Waals surface area (Å²) < 4.78 is 6.03. The van der Waals surface area contributed by atoms with Crippen molar-refractivity contribution in [1.29, 1.82) is 0 Å². The van der Waals surface area contributed by atoms with Crippen molar-refractivity contribution in [3.8, 4) is 0 Å². The number of anilines is 1. The van der Waals surface area contributed by atoms with Crippen LogP contribution in [0.5, 0.6) is 0 Å². The second-order valence-electron chi connectivity index (χ2n) is 5.10. The van der Waals surface area contributed by atoms with Crippen LogP contribution >= 0.6 is 0 Å². The molecule has 0 radical (unpaired) electrons. The number of aromatic nitrogens is 3. The highest BCUT2D eigenvalue weighted by molar-refractivity contribution is 6.03. The fourth-order valence-corrected chi connectivity index (χ4v) is 2.17. The lowest BCUT2D eigenvalue weighted by atomic mass is 10.3. The van der Waals surface area contributed by atoms with Crippen LogP contribution in [0.15, 0.2) is 56.8 Å². The summed E-state index contributed by atoms with van der Waals surface area (Å²) in [4.78, 5) is 43.1. The Labute approximate surface area is 135 Å². The largest absolute Gasteiger partial charge is 0.467 e. The van der Waals surface area contributed by atoms with Gasteiger partial charge in [-0.2, -0.15) is 0 Å². The lowest BCUT2D eigenvalue weighted by Gasteiger charge is -2.07. The maximum absolute atomic E-state index is 12.4. The number of carbonyl (C=O) groups is 1. The molecule has 0 bridgehead atoms. The van der Waals surface area contributed by atoms with Crippen LogP contribution < -0.4 is 16.6 Å². The minimum atomic E-state index is -0.708. The number of carbonyl (C=O) groups excluding carboxylic acids is 1. The van der Waals surface area contributed by atoms with E-state index in [4.69, 9.17) is 4.42 Å². The average Bonchev–Trinajstić information content (AvgIpc) is 3.04. The number of furan rings is 1. The van der Waals surface area contributed by atoms with Crippen molar-refractivity contribution < 1.29 is 9.21 Å². The zero-order chi connectivity index (χ0) is 17.1. The zero-order valence-electron chi connectivity index (χ0n) is 12.8. The van der Waals surface area contributed by atoms with Gasteiger partial charge in [0.2, 0.25) is 0 Å². The number of aryl methyl sites for hydroxylation is 1. The molecule has 3 aromatic rings. The molecule has 0 spiro atoms. The molecular formula is C16H14N4O4.